The zero-order chi connectivity index (χ0) is 12.2. The summed E-state index contributed by atoms with van der Waals surface area (Å²) in [5.74, 6) is 1.18. The van der Waals surface area contributed by atoms with Gasteiger partial charge < -0.3 is 10.3 Å². The van der Waals surface area contributed by atoms with Crippen LogP contribution >= 0.6 is 0 Å². The first-order valence-electron chi connectivity index (χ1n) is 6.20. The fourth-order valence-corrected chi connectivity index (χ4v) is 1.77. The van der Waals surface area contributed by atoms with Gasteiger partial charge in [-0.25, -0.2) is 4.98 Å². The maximum atomic E-state index is 6.13. The molecule has 1 unspecified atom stereocenters. The molecule has 1 rings (SSSR count). The molecule has 16 heavy (non-hydrogen) atoms. The molecule has 0 spiro atoms. The van der Waals surface area contributed by atoms with Crippen LogP contribution < -0.4 is 5.73 Å². The lowest BCUT2D eigenvalue weighted by molar-refractivity contribution is 0.300. The average molecular weight is 223 g/mol. The lowest BCUT2D eigenvalue weighted by Gasteiger charge is -2.26. The third kappa shape index (κ3) is 3.63. The lowest BCUT2D eigenvalue weighted by Crippen LogP contribution is -2.34. The van der Waals surface area contributed by atoms with Gasteiger partial charge in [0.2, 0.25) is 0 Å². The molecule has 0 aliphatic rings. The van der Waals surface area contributed by atoms with Crippen LogP contribution in [-0.2, 0) is 13.0 Å². The molecule has 1 atom stereocenters. The maximum Gasteiger partial charge on any atom is 0.108 e. The van der Waals surface area contributed by atoms with Crippen molar-refractivity contribution in [3.8, 4) is 0 Å². The lowest BCUT2D eigenvalue weighted by atomic mass is 9.84. The summed E-state index contributed by atoms with van der Waals surface area (Å²) in [6.07, 6.45) is 7.14. The molecule has 1 aromatic rings. The van der Waals surface area contributed by atoms with Gasteiger partial charge >= 0.3 is 0 Å². The zero-order valence-electron chi connectivity index (χ0n) is 11.0. The van der Waals surface area contributed by atoms with Gasteiger partial charge in [-0.15, -0.1) is 0 Å². The average Bonchev–Trinajstić information content (AvgIpc) is 2.63. The molecule has 1 aromatic heterocycles. The monoisotopic (exact) mass is 223 g/mol. The van der Waals surface area contributed by atoms with Crippen molar-refractivity contribution in [3.63, 3.8) is 0 Å². The number of hydrogen-bond acceptors (Lipinski definition) is 2. The number of hydrogen-bond donors (Lipinski definition) is 1. The Morgan fingerprint density at radius 2 is 2.12 bits per heavy atom. The molecule has 0 saturated carbocycles. The summed E-state index contributed by atoms with van der Waals surface area (Å²) in [7, 11) is 0. The van der Waals surface area contributed by atoms with Crippen LogP contribution in [0.5, 0.6) is 0 Å². The Balaban J connectivity index is 2.36. The quantitative estimate of drug-likeness (QED) is 0.834. The van der Waals surface area contributed by atoms with Crippen molar-refractivity contribution in [2.75, 3.05) is 0 Å². The van der Waals surface area contributed by atoms with Crippen LogP contribution in [0.4, 0.5) is 0 Å². The number of rotatable bonds is 5. The minimum atomic E-state index is 0.209. The Morgan fingerprint density at radius 3 is 2.69 bits per heavy atom. The topological polar surface area (TPSA) is 43.8 Å². The number of aromatic nitrogens is 2. The van der Waals surface area contributed by atoms with Gasteiger partial charge in [-0.2, -0.15) is 0 Å². The number of nitrogens with two attached hydrogens (primary N) is 1. The highest BCUT2D eigenvalue weighted by Gasteiger charge is 2.19. The molecule has 0 radical (unpaired) electrons. The SMILES string of the molecule is CCn1ccnc1CCCC(N)C(C)(C)C. The largest absolute Gasteiger partial charge is 0.335 e. The van der Waals surface area contributed by atoms with Crippen LogP contribution in [-0.4, -0.2) is 15.6 Å². The molecule has 0 bridgehead atoms. The Labute approximate surface area is 99.1 Å². The molecule has 0 amide bonds. The summed E-state index contributed by atoms with van der Waals surface area (Å²) >= 11 is 0. The first-order valence-corrected chi connectivity index (χ1v) is 6.20. The first kappa shape index (κ1) is 13.2. The van der Waals surface area contributed by atoms with Crippen LogP contribution in [0.3, 0.4) is 0 Å². The Kier molecular flexibility index (Phi) is 4.54. The van der Waals surface area contributed by atoms with E-state index in [0.29, 0.717) is 0 Å². The summed E-state index contributed by atoms with van der Waals surface area (Å²) < 4.78 is 2.20. The van der Waals surface area contributed by atoms with E-state index in [1.165, 1.54) is 5.82 Å². The second kappa shape index (κ2) is 5.48. The normalized spacial score (nSPS) is 14.1. The van der Waals surface area contributed by atoms with Crippen molar-refractivity contribution >= 4 is 0 Å². The summed E-state index contributed by atoms with van der Waals surface area (Å²) in [5, 5.41) is 0. The van der Waals surface area contributed by atoms with Crippen LogP contribution in [0.25, 0.3) is 0 Å². The van der Waals surface area contributed by atoms with Crippen LogP contribution in [0.2, 0.25) is 0 Å². The van der Waals surface area contributed by atoms with Crippen molar-refractivity contribution in [2.45, 2.75) is 59.5 Å². The zero-order valence-corrected chi connectivity index (χ0v) is 11.0. The number of nitrogens with zero attached hydrogens (tertiary/aromatic N) is 2. The number of aryl methyl sites for hydroxylation is 2. The van der Waals surface area contributed by atoms with Gasteiger partial charge in [-0.1, -0.05) is 20.8 Å². The fraction of sp³-hybridized carbons (Fsp3) is 0.769. The van der Waals surface area contributed by atoms with E-state index in [0.717, 1.165) is 25.8 Å². The van der Waals surface area contributed by atoms with Gasteiger partial charge in [-0.05, 0) is 25.2 Å². The van der Waals surface area contributed by atoms with Crippen molar-refractivity contribution in [1.82, 2.24) is 9.55 Å². The highest BCUT2D eigenvalue weighted by Crippen LogP contribution is 2.21. The van der Waals surface area contributed by atoms with Gasteiger partial charge in [0.05, 0.1) is 0 Å². The van der Waals surface area contributed by atoms with Crippen molar-refractivity contribution < 1.29 is 0 Å². The molecule has 0 aromatic carbocycles. The molecule has 1 heterocycles. The van der Waals surface area contributed by atoms with Crippen molar-refractivity contribution in [3.05, 3.63) is 18.2 Å². The second-order valence-electron chi connectivity index (χ2n) is 5.49. The molecule has 3 heteroatoms. The van der Waals surface area contributed by atoms with E-state index < -0.39 is 0 Å². The van der Waals surface area contributed by atoms with E-state index in [9.17, 15) is 0 Å². The van der Waals surface area contributed by atoms with Crippen LogP contribution in [0.1, 0.15) is 46.4 Å². The Hall–Kier alpha value is -0.830. The van der Waals surface area contributed by atoms with Gasteiger partial charge in [0, 0.05) is 31.4 Å². The van der Waals surface area contributed by atoms with Gasteiger partial charge in [0.25, 0.3) is 0 Å². The summed E-state index contributed by atoms with van der Waals surface area (Å²) in [4.78, 5) is 4.37. The van der Waals surface area contributed by atoms with Crippen LogP contribution in [0.15, 0.2) is 12.4 Å². The number of imidazole rings is 1. The van der Waals surface area contributed by atoms with Gasteiger partial charge in [-0.3, -0.25) is 0 Å². The molecule has 0 aliphatic heterocycles. The Morgan fingerprint density at radius 1 is 1.44 bits per heavy atom. The molecule has 2 N–H and O–H groups in total. The summed E-state index contributed by atoms with van der Waals surface area (Å²) in [5.41, 5.74) is 6.34. The van der Waals surface area contributed by atoms with Crippen LogP contribution in [0, 0.1) is 5.41 Å². The molecule has 3 nitrogen and oxygen atoms in total. The van der Waals surface area contributed by atoms with E-state index >= 15 is 0 Å². The fourth-order valence-electron chi connectivity index (χ4n) is 1.77. The smallest absolute Gasteiger partial charge is 0.108 e. The highest BCUT2D eigenvalue weighted by molar-refractivity contribution is 4.92. The second-order valence-corrected chi connectivity index (χ2v) is 5.49. The third-order valence-electron chi connectivity index (χ3n) is 3.17. The molecule has 0 saturated heterocycles. The molecule has 0 aliphatic carbocycles. The highest BCUT2D eigenvalue weighted by atomic mass is 15.0. The van der Waals surface area contributed by atoms with E-state index in [1.807, 2.05) is 12.4 Å². The standard InChI is InChI=1S/C13H25N3/c1-5-16-10-9-15-12(16)8-6-7-11(14)13(2,3)4/h9-11H,5-8,14H2,1-4H3. The van der Waals surface area contributed by atoms with E-state index in [4.69, 9.17) is 5.73 Å². The predicted molar refractivity (Wildman–Crippen MR) is 68.3 cm³/mol. The molecule has 92 valence electrons. The van der Waals surface area contributed by atoms with Gasteiger partial charge in [0.15, 0.2) is 0 Å². The Bertz CT molecular complexity index is 309. The summed E-state index contributed by atoms with van der Waals surface area (Å²) in [6.45, 7) is 9.74. The van der Waals surface area contributed by atoms with Crippen molar-refractivity contribution in [2.24, 2.45) is 11.1 Å². The summed E-state index contributed by atoms with van der Waals surface area (Å²) in [6, 6.07) is 0.275. The van der Waals surface area contributed by atoms with E-state index in [1.54, 1.807) is 0 Å². The minimum Gasteiger partial charge on any atom is -0.335 e. The minimum absolute atomic E-state index is 0.209. The third-order valence-corrected chi connectivity index (χ3v) is 3.17. The molecular formula is C13H25N3. The first-order chi connectivity index (χ1) is 7.45. The maximum absolute atomic E-state index is 6.13. The van der Waals surface area contributed by atoms with Gasteiger partial charge in [0.1, 0.15) is 5.82 Å². The molecule has 0 fully saturated rings. The predicted octanol–water partition coefficient (Wildman–Crippen LogP) is 2.60. The van der Waals surface area contributed by atoms with E-state index in [-0.39, 0.29) is 11.5 Å². The van der Waals surface area contributed by atoms with E-state index in [2.05, 4.69) is 37.2 Å². The van der Waals surface area contributed by atoms with Crippen molar-refractivity contribution in [1.29, 1.82) is 0 Å². The molecular weight excluding hydrogens is 198 g/mol.